The van der Waals surface area contributed by atoms with Crippen LogP contribution in [0.1, 0.15) is 21.5 Å². The number of carbonyl (C=O) groups is 1. The van der Waals surface area contributed by atoms with Crippen LogP contribution in [0.5, 0.6) is 0 Å². The van der Waals surface area contributed by atoms with E-state index in [-0.39, 0.29) is 5.56 Å². The van der Waals surface area contributed by atoms with Crippen LogP contribution in [0.2, 0.25) is 0 Å². The number of nitrogens with one attached hydrogen (secondary N) is 1. The Bertz CT molecular complexity index is 636. The van der Waals surface area contributed by atoms with Crippen molar-refractivity contribution in [2.75, 3.05) is 11.1 Å². The van der Waals surface area contributed by atoms with Crippen molar-refractivity contribution in [2.24, 2.45) is 0 Å². The van der Waals surface area contributed by atoms with E-state index >= 15 is 0 Å². The van der Waals surface area contributed by atoms with Gasteiger partial charge in [0, 0.05) is 5.69 Å². The van der Waals surface area contributed by atoms with Crippen molar-refractivity contribution < 1.29 is 9.90 Å². The number of carboxylic acids is 1. The molecule has 0 amide bonds. The maximum absolute atomic E-state index is 10.8. The molecule has 98 valence electrons. The SMILES string of the molecule is Cc1ccc(C)c(Nc2ccc(C(=O)O)cc2N)c1. The van der Waals surface area contributed by atoms with Crippen LogP contribution < -0.4 is 11.1 Å². The lowest BCUT2D eigenvalue weighted by Crippen LogP contribution is -2.02. The van der Waals surface area contributed by atoms with Crippen molar-refractivity contribution in [1.29, 1.82) is 0 Å². The largest absolute Gasteiger partial charge is 0.478 e. The Labute approximate surface area is 111 Å². The third kappa shape index (κ3) is 2.85. The third-order valence-corrected chi connectivity index (χ3v) is 2.96. The highest BCUT2D eigenvalue weighted by atomic mass is 16.4. The number of benzene rings is 2. The van der Waals surface area contributed by atoms with Crippen molar-refractivity contribution in [3.05, 3.63) is 53.1 Å². The number of aromatic carboxylic acids is 1. The summed E-state index contributed by atoms with van der Waals surface area (Å²) in [5.41, 5.74) is 10.4. The van der Waals surface area contributed by atoms with Gasteiger partial charge in [-0.15, -0.1) is 0 Å². The third-order valence-electron chi connectivity index (χ3n) is 2.96. The molecule has 4 N–H and O–H groups in total. The van der Waals surface area contributed by atoms with Crippen molar-refractivity contribution >= 4 is 23.0 Å². The number of anilines is 3. The van der Waals surface area contributed by atoms with Gasteiger partial charge in [-0.25, -0.2) is 4.79 Å². The minimum atomic E-state index is -0.981. The molecule has 0 saturated carbocycles. The molecule has 0 heterocycles. The van der Waals surface area contributed by atoms with Crippen LogP contribution in [0.3, 0.4) is 0 Å². The zero-order valence-corrected chi connectivity index (χ0v) is 10.9. The second-order valence-electron chi connectivity index (χ2n) is 4.55. The summed E-state index contributed by atoms with van der Waals surface area (Å²) in [5, 5.41) is 12.1. The first-order chi connectivity index (χ1) is 8.97. The number of rotatable bonds is 3. The molecule has 19 heavy (non-hydrogen) atoms. The van der Waals surface area contributed by atoms with Crippen LogP contribution in [0.25, 0.3) is 0 Å². The van der Waals surface area contributed by atoms with Crippen LogP contribution in [-0.2, 0) is 0 Å². The summed E-state index contributed by atoms with van der Waals surface area (Å²) in [6.07, 6.45) is 0. The van der Waals surface area contributed by atoms with Gasteiger partial charge in [0.1, 0.15) is 0 Å². The van der Waals surface area contributed by atoms with Crippen molar-refractivity contribution in [1.82, 2.24) is 0 Å². The van der Waals surface area contributed by atoms with Gasteiger partial charge in [-0.2, -0.15) is 0 Å². The second-order valence-corrected chi connectivity index (χ2v) is 4.55. The van der Waals surface area contributed by atoms with Crippen LogP contribution in [0.4, 0.5) is 17.1 Å². The minimum Gasteiger partial charge on any atom is -0.478 e. The number of nitrogens with two attached hydrogens (primary N) is 1. The van der Waals surface area contributed by atoms with E-state index in [2.05, 4.69) is 5.32 Å². The molecule has 0 spiro atoms. The van der Waals surface area contributed by atoms with Crippen LogP contribution >= 0.6 is 0 Å². The van der Waals surface area contributed by atoms with Gasteiger partial charge in [-0.05, 0) is 49.2 Å². The van der Waals surface area contributed by atoms with E-state index in [1.54, 1.807) is 6.07 Å². The van der Waals surface area contributed by atoms with Gasteiger partial charge in [0.05, 0.1) is 16.9 Å². The smallest absolute Gasteiger partial charge is 0.335 e. The molecule has 2 rings (SSSR count). The molecule has 0 saturated heterocycles. The van der Waals surface area contributed by atoms with Gasteiger partial charge in [0.15, 0.2) is 0 Å². The van der Waals surface area contributed by atoms with Gasteiger partial charge in [0.25, 0.3) is 0 Å². The van der Waals surface area contributed by atoms with Crippen LogP contribution in [0.15, 0.2) is 36.4 Å². The fourth-order valence-electron chi connectivity index (χ4n) is 1.83. The van der Waals surface area contributed by atoms with Gasteiger partial charge < -0.3 is 16.2 Å². The van der Waals surface area contributed by atoms with Gasteiger partial charge in [0.2, 0.25) is 0 Å². The van der Waals surface area contributed by atoms with Crippen molar-refractivity contribution in [3.8, 4) is 0 Å². The van der Waals surface area contributed by atoms with E-state index in [1.165, 1.54) is 12.1 Å². The molecule has 4 heteroatoms. The summed E-state index contributed by atoms with van der Waals surface area (Å²) in [4.78, 5) is 10.8. The lowest BCUT2D eigenvalue weighted by atomic mass is 10.1. The molecule has 0 unspecified atom stereocenters. The van der Waals surface area contributed by atoms with E-state index in [0.29, 0.717) is 11.4 Å². The van der Waals surface area contributed by atoms with Crippen LogP contribution in [0, 0.1) is 13.8 Å². The average molecular weight is 256 g/mol. The Hall–Kier alpha value is -2.49. The lowest BCUT2D eigenvalue weighted by Gasteiger charge is -2.13. The maximum atomic E-state index is 10.8. The van der Waals surface area contributed by atoms with E-state index in [4.69, 9.17) is 10.8 Å². The normalized spacial score (nSPS) is 10.2. The van der Waals surface area contributed by atoms with E-state index < -0.39 is 5.97 Å². The highest BCUT2D eigenvalue weighted by Crippen LogP contribution is 2.26. The fourth-order valence-corrected chi connectivity index (χ4v) is 1.83. The molecule has 0 radical (unpaired) electrons. The first-order valence-corrected chi connectivity index (χ1v) is 5.94. The van der Waals surface area contributed by atoms with E-state index in [9.17, 15) is 4.79 Å². The minimum absolute atomic E-state index is 0.184. The van der Waals surface area contributed by atoms with Gasteiger partial charge in [-0.3, -0.25) is 0 Å². The predicted octanol–water partition coefficient (Wildman–Crippen LogP) is 3.33. The summed E-state index contributed by atoms with van der Waals surface area (Å²) in [5.74, 6) is -0.981. The molecule has 2 aromatic carbocycles. The Morgan fingerprint density at radius 3 is 2.47 bits per heavy atom. The fraction of sp³-hybridized carbons (Fsp3) is 0.133. The molecular formula is C15H16N2O2. The molecule has 4 nitrogen and oxygen atoms in total. The molecule has 0 aliphatic heterocycles. The topological polar surface area (TPSA) is 75.3 Å². The van der Waals surface area contributed by atoms with Gasteiger partial charge in [-0.1, -0.05) is 12.1 Å². The molecular weight excluding hydrogens is 240 g/mol. The quantitative estimate of drug-likeness (QED) is 0.736. The summed E-state index contributed by atoms with van der Waals surface area (Å²) >= 11 is 0. The number of carboxylic acid groups (broad SMARTS) is 1. The lowest BCUT2D eigenvalue weighted by molar-refractivity contribution is 0.0697. The van der Waals surface area contributed by atoms with Crippen molar-refractivity contribution in [2.45, 2.75) is 13.8 Å². The first-order valence-electron chi connectivity index (χ1n) is 5.94. The zero-order valence-electron chi connectivity index (χ0n) is 10.9. The monoisotopic (exact) mass is 256 g/mol. The summed E-state index contributed by atoms with van der Waals surface area (Å²) in [6, 6.07) is 10.8. The van der Waals surface area contributed by atoms with Crippen LogP contribution in [-0.4, -0.2) is 11.1 Å². The molecule has 0 aliphatic rings. The van der Waals surface area contributed by atoms with Crippen molar-refractivity contribution in [3.63, 3.8) is 0 Å². The molecule has 0 bridgehead atoms. The highest BCUT2D eigenvalue weighted by Gasteiger charge is 2.07. The first kappa shape index (κ1) is 13.0. The second kappa shape index (κ2) is 5.02. The Kier molecular flexibility index (Phi) is 3.42. The Balaban J connectivity index is 2.33. The summed E-state index contributed by atoms with van der Waals surface area (Å²) in [6.45, 7) is 4.02. The Morgan fingerprint density at radius 1 is 1.11 bits per heavy atom. The summed E-state index contributed by atoms with van der Waals surface area (Å²) < 4.78 is 0. The average Bonchev–Trinajstić information content (AvgIpc) is 2.36. The summed E-state index contributed by atoms with van der Waals surface area (Å²) in [7, 11) is 0. The Morgan fingerprint density at radius 2 is 1.84 bits per heavy atom. The number of aryl methyl sites for hydroxylation is 2. The van der Waals surface area contributed by atoms with E-state index in [1.807, 2.05) is 32.0 Å². The molecule has 0 aliphatic carbocycles. The molecule has 0 aromatic heterocycles. The van der Waals surface area contributed by atoms with Gasteiger partial charge >= 0.3 is 5.97 Å². The predicted molar refractivity (Wildman–Crippen MR) is 77.0 cm³/mol. The standard InChI is InChI=1S/C15H16N2O2/c1-9-3-4-10(2)14(7-9)17-13-6-5-11(15(18)19)8-12(13)16/h3-8,17H,16H2,1-2H3,(H,18,19). The number of hydrogen-bond acceptors (Lipinski definition) is 3. The molecule has 0 fully saturated rings. The zero-order chi connectivity index (χ0) is 14.0. The number of nitrogen functional groups attached to an aromatic ring is 1. The highest BCUT2D eigenvalue weighted by molar-refractivity contribution is 5.91. The molecule has 0 atom stereocenters. The molecule has 2 aromatic rings. The van der Waals surface area contributed by atoms with E-state index in [0.717, 1.165) is 16.8 Å². The maximum Gasteiger partial charge on any atom is 0.335 e. The number of hydrogen-bond donors (Lipinski definition) is 3.